The van der Waals surface area contributed by atoms with E-state index in [1.165, 1.54) is 12.3 Å². The number of nitrogens with one attached hydrogen (secondary N) is 1. The number of anilines is 2. The fourth-order valence-electron chi connectivity index (χ4n) is 4.26. The molecule has 0 saturated heterocycles. The Labute approximate surface area is 157 Å². The zero-order chi connectivity index (χ0) is 19.1. The van der Waals surface area contributed by atoms with Crippen LogP contribution in [0.1, 0.15) is 43.9 Å². The third-order valence-electron chi connectivity index (χ3n) is 5.59. The molecule has 1 fully saturated rings. The minimum absolute atomic E-state index is 0.0167. The third kappa shape index (κ3) is 3.14. The van der Waals surface area contributed by atoms with Crippen LogP contribution in [0.25, 0.3) is 0 Å². The summed E-state index contributed by atoms with van der Waals surface area (Å²) in [6.07, 6.45) is 3.42. The molecule has 0 spiro atoms. The maximum atomic E-state index is 13.2. The summed E-state index contributed by atoms with van der Waals surface area (Å²) in [7, 11) is 0. The minimum atomic E-state index is -0.386. The van der Waals surface area contributed by atoms with E-state index in [1.807, 2.05) is 17.0 Å². The Kier molecular flexibility index (Phi) is 4.31. The number of amides is 1. The van der Waals surface area contributed by atoms with Crippen molar-refractivity contribution in [2.24, 2.45) is 11.8 Å². The number of rotatable bonds is 3. The molecule has 0 radical (unpaired) electrons. The summed E-state index contributed by atoms with van der Waals surface area (Å²) >= 11 is 0. The monoisotopic (exact) mass is 364 g/mol. The van der Waals surface area contributed by atoms with Crippen LogP contribution in [0.3, 0.4) is 0 Å². The molecule has 1 amide bonds. The van der Waals surface area contributed by atoms with E-state index in [0.29, 0.717) is 17.3 Å². The minimum Gasteiger partial charge on any atom is -0.363 e. The molecule has 27 heavy (non-hydrogen) atoms. The van der Waals surface area contributed by atoms with Crippen molar-refractivity contribution in [1.29, 1.82) is 5.26 Å². The molecule has 2 aromatic rings. The van der Waals surface area contributed by atoms with Crippen LogP contribution in [0.5, 0.6) is 0 Å². The van der Waals surface area contributed by atoms with Crippen LogP contribution in [0, 0.1) is 29.0 Å². The molecule has 1 aromatic carbocycles. The van der Waals surface area contributed by atoms with Crippen molar-refractivity contribution in [3.05, 3.63) is 53.5 Å². The Hall–Kier alpha value is -2.94. The quantitative estimate of drug-likeness (QED) is 0.893. The first-order valence-corrected chi connectivity index (χ1v) is 9.21. The Morgan fingerprint density at radius 3 is 2.70 bits per heavy atom. The summed E-state index contributed by atoms with van der Waals surface area (Å²) in [5.41, 5.74) is 2.30. The lowest BCUT2D eigenvalue weighted by Crippen LogP contribution is -2.51. The van der Waals surface area contributed by atoms with Gasteiger partial charge < -0.3 is 10.2 Å². The van der Waals surface area contributed by atoms with Crippen molar-refractivity contribution < 1.29 is 9.18 Å². The fraction of sp³-hybridized carbons (Fsp3) is 0.381. The van der Waals surface area contributed by atoms with Gasteiger partial charge in [0.2, 0.25) is 5.91 Å². The van der Waals surface area contributed by atoms with Crippen LogP contribution in [-0.4, -0.2) is 16.9 Å². The first-order valence-electron chi connectivity index (χ1n) is 9.21. The molecule has 138 valence electrons. The van der Waals surface area contributed by atoms with E-state index in [-0.39, 0.29) is 29.7 Å². The highest BCUT2D eigenvalue weighted by atomic mass is 19.1. The van der Waals surface area contributed by atoms with Crippen molar-refractivity contribution in [3.63, 3.8) is 0 Å². The van der Waals surface area contributed by atoms with E-state index in [2.05, 4.69) is 23.3 Å². The molecule has 4 rings (SSSR count). The third-order valence-corrected chi connectivity index (χ3v) is 5.59. The highest BCUT2D eigenvalue weighted by Gasteiger charge is 2.47. The van der Waals surface area contributed by atoms with Gasteiger partial charge in [0, 0.05) is 24.6 Å². The number of nitrogens with zero attached hydrogens (tertiary/aromatic N) is 3. The van der Waals surface area contributed by atoms with Gasteiger partial charge in [-0.05, 0) is 54.7 Å². The van der Waals surface area contributed by atoms with Gasteiger partial charge in [0.05, 0.1) is 23.9 Å². The van der Waals surface area contributed by atoms with E-state index in [1.54, 1.807) is 19.1 Å². The number of hydrogen-bond acceptors (Lipinski definition) is 4. The number of pyridine rings is 1. The number of hydrogen-bond donors (Lipinski definition) is 1. The topological polar surface area (TPSA) is 69.0 Å². The maximum Gasteiger partial charge on any atom is 0.224 e. The largest absolute Gasteiger partial charge is 0.363 e. The van der Waals surface area contributed by atoms with Crippen LogP contribution in [0.4, 0.5) is 15.9 Å². The molecule has 0 bridgehead atoms. The number of halogens is 1. The van der Waals surface area contributed by atoms with Gasteiger partial charge in [0.1, 0.15) is 11.6 Å². The standard InChI is InChI=1S/C21H21FN4O/c1-12-20(25-19-8-6-16(22)11-24-19)17-9-14(10-23)3-7-18(17)26(13(2)27)21(12)15-4-5-15/h3,6-9,11-12,15,20-21H,4-5H2,1-2H3,(H,24,25)/t12-,20-,21-/m1/s1. The summed E-state index contributed by atoms with van der Waals surface area (Å²) < 4.78 is 13.2. The number of carbonyl (C=O) groups is 1. The number of fused-ring (bicyclic) bond motifs is 1. The van der Waals surface area contributed by atoms with Gasteiger partial charge in [-0.1, -0.05) is 6.92 Å². The molecule has 6 heteroatoms. The number of aromatic nitrogens is 1. The van der Waals surface area contributed by atoms with Crippen molar-refractivity contribution in [1.82, 2.24) is 4.98 Å². The van der Waals surface area contributed by atoms with Gasteiger partial charge in [0.25, 0.3) is 0 Å². The van der Waals surface area contributed by atoms with E-state index in [9.17, 15) is 14.4 Å². The predicted octanol–water partition coefficient (Wildman–Crippen LogP) is 4.03. The highest BCUT2D eigenvalue weighted by Crippen LogP contribution is 2.50. The molecular formula is C21H21FN4O. The molecule has 1 aliphatic heterocycles. The lowest BCUT2D eigenvalue weighted by molar-refractivity contribution is -0.117. The molecule has 5 nitrogen and oxygen atoms in total. The maximum absolute atomic E-state index is 13.2. The molecule has 2 aliphatic rings. The summed E-state index contributed by atoms with van der Waals surface area (Å²) in [5, 5.41) is 12.7. The normalized spacial score (nSPS) is 24.1. The fourth-order valence-corrected chi connectivity index (χ4v) is 4.26. The molecule has 1 aromatic heterocycles. The summed E-state index contributed by atoms with van der Waals surface area (Å²) in [6.45, 7) is 3.72. The lowest BCUT2D eigenvalue weighted by atomic mass is 9.79. The second kappa shape index (κ2) is 6.66. The molecule has 2 heterocycles. The molecule has 1 N–H and O–H groups in total. The summed E-state index contributed by atoms with van der Waals surface area (Å²) in [4.78, 5) is 18.5. The van der Waals surface area contributed by atoms with Crippen LogP contribution in [0.2, 0.25) is 0 Å². The summed E-state index contributed by atoms with van der Waals surface area (Å²) in [5.74, 6) is 0.811. The van der Waals surface area contributed by atoms with Crippen LogP contribution in [-0.2, 0) is 4.79 Å². The van der Waals surface area contributed by atoms with Crippen molar-refractivity contribution in [2.45, 2.75) is 38.8 Å². The highest BCUT2D eigenvalue weighted by molar-refractivity contribution is 5.94. The van der Waals surface area contributed by atoms with Gasteiger partial charge >= 0.3 is 0 Å². The van der Waals surface area contributed by atoms with Crippen LogP contribution in [0.15, 0.2) is 36.5 Å². The first kappa shape index (κ1) is 17.5. The van der Waals surface area contributed by atoms with E-state index in [4.69, 9.17) is 0 Å². The van der Waals surface area contributed by atoms with Crippen LogP contribution < -0.4 is 10.2 Å². The number of benzene rings is 1. The van der Waals surface area contributed by atoms with Crippen LogP contribution >= 0.6 is 0 Å². The van der Waals surface area contributed by atoms with Gasteiger partial charge in [-0.15, -0.1) is 0 Å². The van der Waals surface area contributed by atoms with Gasteiger partial charge in [-0.2, -0.15) is 5.26 Å². The van der Waals surface area contributed by atoms with Gasteiger partial charge in [-0.25, -0.2) is 9.37 Å². The second-order valence-electron chi connectivity index (χ2n) is 7.45. The van der Waals surface area contributed by atoms with Crippen molar-refractivity contribution in [2.75, 3.05) is 10.2 Å². The molecule has 0 unspecified atom stereocenters. The van der Waals surface area contributed by atoms with Gasteiger partial charge in [-0.3, -0.25) is 4.79 Å². The molecule has 1 aliphatic carbocycles. The smallest absolute Gasteiger partial charge is 0.224 e. The van der Waals surface area contributed by atoms with E-state index >= 15 is 0 Å². The zero-order valence-electron chi connectivity index (χ0n) is 15.3. The van der Waals surface area contributed by atoms with E-state index < -0.39 is 0 Å². The summed E-state index contributed by atoms with van der Waals surface area (Å²) in [6, 6.07) is 10.6. The van der Waals surface area contributed by atoms with Crippen molar-refractivity contribution in [3.8, 4) is 6.07 Å². The zero-order valence-corrected chi connectivity index (χ0v) is 15.3. The van der Waals surface area contributed by atoms with E-state index in [0.717, 1.165) is 24.1 Å². The Morgan fingerprint density at radius 1 is 1.33 bits per heavy atom. The van der Waals surface area contributed by atoms with Crippen molar-refractivity contribution >= 4 is 17.4 Å². The SMILES string of the molecule is CC(=O)N1c2ccc(C#N)cc2[C@H](Nc2ccc(F)cn2)[C@@H](C)[C@@H]1C1CC1. The Balaban J connectivity index is 1.81. The first-order chi connectivity index (χ1) is 13.0. The number of carbonyl (C=O) groups excluding carboxylic acids is 1. The second-order valence-corrected chi connectivity index (χ2v) is 7.45. The molecule has 1 saturated carbocycles. The Morgan fingerprint density at radius 2 is 2.11 bits per heavy atom. The molecular weight excluding hydrogens is 343 g/mol. The van der Waals surface area contributed by atoms with Gasteiger partial charge in [0.15, 0.2) is 0 Å². The molecule has 3 atom stereocenters. The average Bonchev–Trinajstić information content (AvgIpc) is 3.49. The predicted molar refractivity (Wildman–Crippen MR) is 101 cm³/mol. The number of nitriles is 1. The average molecular weight is 364 g/mol. The Bertz CT molecular complexity index is 917. The lowest BCUT2D eigenvalue weighted by Gasteiger charge is -2.45.